The third-order valence-electron chi connectivity index (χ3n) is 5.76. The molecule has 29 heavy (non-hydrogen) atoms. The van der Waals surface area contributed by atoms with Gasteiger partial charge in [-0.15, -0.1) is 0 Å². The number of urea groups is 1. The Hall–Kier alpha value is -2.86. The van der Waals surface area contributed by atoms with E-state index in [1.165, 1.54) is 5.56 Å². The largest absolute Gasteiger partial charge is 0.341 e. The number of nitrogens with one attached hydrogen (secondary N) is 3. The second kappa shape index (κ2) is 8.25. The fraction of sp³-hybridized carbons (Fsp3) is 0.391. The molecule has 1 saturated heterocycles. The van der Waals surface area contributed by atoms with Gasteiger partial charge in [-0.2, -0.15) is 0 Å². The molecule has 0 spiro atoms. The van der Waals surface area contributed by atoms with E-state index in [1.54, 1.807) is 0 Å². The Morgan fingerprint density at radius 2 is 1.93 bits per heavy atom. The van der Waals surface area contributed by atoms with Crippen LogP contribution in [0.1, 0.15) is 50.0 Å². The average Bonchev–Trinajstić information content (AvgIpc) is 3.14. The average molecular weight is 392 g/mol. The zero-order chi connectivity index (χ0) is 20.4. The van der Waals surface area contributed by atoms with Crippen molar-refractivity contribution in [1.82, 2.24) is 20.2 Å². The zero-order valence-electron chi connectivity index (χ0n) is 17.3. The summed E-state index contributed by atoms with van der Waals surface area (Å²) in [7, 11) is 2.12. The number of likely N-dealkylation sites (tertiary alicyclic amines) is 1. The van der Waals surface area contributed by atoms with Crippen LogP contribution in [0.15, 0.2) is 48.5 Å². The number of fused-ring (bicyclic) bond motifs is 1. The van der Waals surface area contributed by atoms with E-state index in [0.29, 0.717) is 5.92 Å². The number of piperidine rings is 1. The number of para-hydroxylation sites is 2. The molecule has 1 aliphatic heterocycles. The van der Waals surface area contributed by atoms with Crippen LogP contribution < -0.4 is 10.6 Å². The lowest BCUT2D eigenvalue weighted by atomic mass is 9.97. The summed E-state index contributed by atoms with van der Waals surface area (Å²) in [5.74, 6) is 1.44. The third kappa shape index (κ3) is 4.43. The van der Waals surface area contributed by atoms with Crippen molar-refractivity contribution in [3.63, 3.8) is 0 Å². The van der Waals surface area contributed by atoms with Gasteiger partial charge in [-0.05, 0) is 55.6 Å². The van der Waals surface area contributed by atoms with Crippen LogP contribution in [0.5, 0.6) is 0 Å². The molecule has 2 amide bonds. The third-order valence-corrected chi connectivity index (χ3v) is 5.76. The summed E-state index contributed by atoms with van der Waals surface area (Å²) < 4.78 is 0. The smallest absolute Gasteiger partial charge is 0.319 e. The zero-order valence-corrected chi connectivity index (χ0v) is 17.3. The number of amides is 2. The first-order valence-electron chi connectivity index (χ1n) is 10.3. The van der Waals surface area contributed by atoms with Crippen LogP contribution in [0.2, 0.25) is 0 Å². The first-order chi connectivity index (χ1) is 14.0. The van der Waals surface area contributed by atoms with Crippen molar-refractivity contribution in [2.24, 2.45) is 0 Å². The summed E-state index contributed by atoms with van der Waals surface area (Å²) in [6, 6.07) is 16.2. The van der Waals surface area contributed by atoms with Crippen LogP contribution in [-0.4, -0.2) is 40.5 Å². The number of nitrogens with zero attached hydrogens (tertiary/aromatic N) is 2. The van der Waals surface area contributed by atoms with Crippen molar-refractivity contribution in [2.45, 2.75) is 44.7 Å². The van der Waals surface area contributed by atoms with Gasteiger partial charge in [-0.25, -0.2) is 9.78 Å². The van der Waals surface area contributed by atoms with E-state index < -0.39 is 0 Å². The lowest BCUT2D eigenvalue weighted by molar-refractivity contribution is 0.153. The number of imidazole rings is 1. The van der Waals surface area contributed by atoms with Gasteiger partial charge in [0.15, 0.2) is 0 Å². The van der Waals surface area contributed by atoms with Crippen LogP contribution >= 0.6 is 0 Å². The molecule has 0 aliphatic carbocycles. The standard InChI is InChI=1S/C23H29N5O/c1-15(2)16-8-10-17(11-9-16)24-23(29)25-18-12-13-28(3)21(14-18)22-26-19-6-4-5-7-20(19)27-22/h4-11,15,18,21H,12-14H2,1-3H3,(H,26,27)(H2,24,25,29). The van der Waals surface area contributed by atoms with E-state index in [2.05, 4.69) is 53.5 Å². The summed E-state index contributed by atoms with van der Waals surface area (Å²) in [4.78, 5) is 23.0. The summed E-state index contributed by atoms with van der Waals surface area (Å²) in [5, 5.41) is 6.10. The maximum atomic E-state index is 12.5. The fourth-order valence-electron chi connectivity index (χ4n) is 3.97. The van der Waals surface area contributed by atoms with Gasteiger partial charge in [0, 0.05) is 18.3 Å². The fourth-order valence-corrected chi connectivity index (χ4v) is 3.97. The van der Waals surface area contributed by atoms with Crippen molar-refractivity contribution in [2.75, 3.05) is 18.9 Å². The Kier molecular flexibility index (Phi) is 5.53. The normalized spacial score (nSPS) is 20.1. The predicted molar refractivity (Wildman–Crippen MR) is 117 cm³/mol. The SMILES string of the molecule is CC(C)c1ccc(NC(=O)NC2CCN(C)C(c3nc4ccccc4[nH]3)C2)cc1. The van der Waals surface area contributed by atoms with Crippen molar-refractivity contribution in [1.29, 1.82) is 0 Å². The maximum Gasteiger partial charge on any atom is 0.319 e. The number of benzene rings is 2. The second-order valence-corrected chi connectivity index (χ2v) is 8.23. The maximum absolute atomic E-state index is 12.5. The number of aromatic nitrogens is 2. The van der Waals surface area contributed by atoms with Crippen molar-refractivity contribution >= 4 is 22.8 Å². The first kappa shape index (κ1) is 19.5. The quantitative estimate of drug-likeness (QED) is 0.606. The number of aromatic amines is 1. The topological polar surface area (TPSA) is 73.1 Å². The molecule has 3 N–H and O–H groups in total. The Labute approximate surface area is 171 Å². The molecular weight excluding hydrogens is 362 g/mol. The molecule has 0 bridgehead atoms. The van der Waals surface area contributed by atoms with Crippen molar-refractivity contribution < 1.29 is 4.79 Å². The number of anilines is 1. The van der Waals surface area contributed by atoms with Gasteiger partial charge in [0.2, 0.25) is 0 Å². The highest BCUT2D eigenvalue weighted by molar-refractivity contribution is 5.89. The molecule has 1 fully saturated rings. The lowest BCUT2D eigenvalue weighted by Gasteiger charge is -2.36. The summed E-state index contributed by atoms with van der Waals surface area (Å²) in [5.41, 5.74) is 4.11. The highest BCUT2D eigenvalue weighted by Crippen LogP contribution is 2.29. The van der Waals surface area contributed by atoms with Gasteiger partial charge in [0.25, 0.3) is 0 Å². The Bertz CT molecular complexity index is 945. The first-order valence-corrected chi connectivity index (χ1v) is 10.3. The van der Waals surface area contributed by atoms with E-state index in [4.69, 9.17) is 4.98 Å². The second-order valence-electron chi connectivity index (χ2n) is 8.23. The van der Waals surface area contributed by atoms with Crippen LogP contribution in [0.3, 0.4) is 0 Å². The molecule has 2 aromatic carbocycles. The van der Waals surface area contributed by atoms with Crippen molar-refractivity contribution in [3.8, 4) is 0 Å². The Morgan fingerprint density at radius 3 is 2.66 bits per heavy atom. The lowest BCUT2D eigenvalue weighted by Crippen LogP contribution is -2.46. The van der Waals surface area contributed by atoms with Crippen LogP contribution in [-0.2, 0) is 0 Å². The predicted octanol–water partition coefficient (Wildman–Crippen LogP) is 4.64. The number of carbonyl (C=O) groups excluding carboxylic acids is 1. The molecule has 1 aliphatic rings. The van der Waals surface area contributed by atoms with Gasteiger partial charge in [0.05, 0.1) is 17.1 Å². The van der Waals surface area contributed by atoms with Gasteiger partial charge >= 0.3 is 6.03 Å². The molecule has 4 rings (SSSR count). The molecule has 2 atom stereocenters. The number of rotatable bonds is 4. The van der Waals surface area contributed by atoms with Gasteiger partial charge in [-0.1, -0.05) is 38.1 Å². The Balaban J connectivity index is 1.39. The molecule has 2 heterocycles. The van der Waals surface area contributed by atoms with Crippen LogP contribution in [0.4, 0.5) is 10.5 Å². The van der Waals surface area contributed by atoms with Crippen LogP contribution in [0, 0.1) is 0 Å². The molecule has 152 valence electrons. The van der Waals surface area contributed by atoms with E-state index in [-0.39, 0.29) is 18.1 Å². The molecule has 6 heteroatoms. The molecule has 0 saturated carbocycles. The van der Waals surface area contributed by atoms with Gasteiger partial charge in [-0.3, -0.25) is 4.90 Å². The van der Waals surface area contributed by atoms with E-state index in [9.17, 15) is 4.79 Å². The highest BCUT2D eigenvalue weighted by atomic mass is 16.2. The number of hydrogen-bond acceptors (Lipinski definition) is 3. The molecule has 1 aromatic heterocycles. The summed E-state index contributed by atoms with van der Waals surface area (Å²) >= 11 is 0. The van der Waals surface area contributed by atoms with Gasteiger partial charge in [0.1, 0.15) is 5.82 Å². The van der Waals surface area contributed by atoms with Crippen LogP contribution in [0.25, 0.3) is 11.0 Å². The van der Waals surface area contributed by atoms with E-state index in [0.717, 1.165) is 41.9 Å². The minimum atomic E-state index is -0.153. The summed E-state index contributed by atoms with van der Waals surface area (Å²) in [6.45, 7) is 5.23. The molecule has 2 unspecified atom stereocenters. The monoisotopic (exact) mass is 391 g/mol. The van der Waals surface area contributed by atoms with E-state index in [1.807, 2.05) is 36.4 Å². The Morgan fingerprint density at radius 1 is 1.17 bits per heavy atom. The molecule has 3 aromatic rings. The summed E-state index contributed by atoms with van der Waals surface area (Å²) in [6.07, 6.45) is 1.75. The van der Waals surface area contributed by atoms with Gasteiger partial charge < -0.3 is 15.6 Å². The molecular formula is C23H29N5O. The minimum Gasteiger partial charge on any atom is -0.341 e. The number of hydrogen-bond donors (Lipinski definition) is 3. The molecule has 6 nitrogen and oxygen atoms in total. The minimum absolute atomic E-state index is 0.111. The highest BCUT2D eigenvalue weighted by Gasteiger charge is 2.30. The number of H-pyrrole nitrogens is 1. The molecule has 0 radical (unpaired) electrons. The number of carbonyl (C=O) groups is 1. The van der Waals surface area contributed by atoms with E-state index >= 15 is 0 Å². The van der Waals surface area contributed by atoms with Crippen molar-refractivity contribution in [3.05, 3.63) is 59.9 Å².